The predicted octanol–water partition coefficient (Wildman–Crippen LogP) is 6.22. The predicted molar refractivity (Wildman–Crippen MR) is 142 cm³/mol. The Morgan fingerprint density at radius 1 is 0.838 bits per heavy atom. The van der Waals surface area contributed by atoms with E-state index in [1.807, 2.05) is 22.3 Å². The first-order chi connectivity index (χ1) is 17.6. The Labute approximate surface area is 225 Å². The highest BCUT2D eigenvalue weighted by molar-refractivity contribution is 14.1. The Morgan fingerprint density at radius 2 is 1.32 bits per heavy atom. The molecule has 1 fully saturated rings. The van der Waals surface area contributed by atoms with Crippen LogP contribution in [0.3, 0.4) is 0 Å². The average molecular weight is 620 g/mol. The summed E-state index contributed by atoms with van der Waals surface area (Å²) >= 11 is 2.16. The van der Waals surface area contributed by atoms with Gasteiger partial charge in [0.2, 0.25) is 0 Å². The fraction of sp³-hybridized carbons (Fsp3) is 0.143. The zero-order chi connectivity index (χ0) is 26.7. The number of benzene rings is 3. The molecule has 0 N–H and O–H groups in total. The van der Waals surface area contributed by atoms with Crippen molar-refractivity contribution < 1.29 is 27.2 Å². The molecule has 0 bridgehead atoms. The minimum Gasteiger partial charge on any atom is -0.330 e. The van der Waals surface area contributed by atoms with Gasteiger partial charge in [-0.1, -0.05) is 24.3 Å². The summed E-state index contributed by atoms with van der Waals surface area (Å²) in [4.78, 5) is 28.1. The molecule has 4 rings (SSSR count). The normalized spacial score (nSPS) is 16.2. The minimum atomic E-state index is -1.07. The van der Waals surface area contributed by atoms with E-state index in [4.69, 9.17) is 0 Å². The quantitative estimate of drug-likeness (QED) is 0.147. The van der Waals surface area contributed by atoms with E-state index >= 15 is 0 Å². The number of carbonyl (C=O) groups is 2. The highest BCUT2D eigenvalue weighted by Gasteiger charge is 2.30. The molecule has 1 aliphatic heterocycles. The minimum absolute atomic E-state index is 0.0655. The van der Waals surface area contributed by atoms with E-state index in [1.54, 1.807) is 12.1 Å². The molecule has 1 amide bonds. The number of piperidine rings is 1. The van der Waals surface area contributed by atoms with Gasteiger partial charge in [-0.25, -0.2) is 20.7 Å². The summed E-state index contributed by atoms with van der Waals surface area (Å²) in [5.41, 5.74) is 2.26. The van der Waals surface area contributed by atoms with Crippen LogP contribution in [0, 0.1) is 23.3 Å². The van der Waals surface area contributed by atoms with Crippen LogP contribution in [0.25, 0.3) is 12.2 Å². The van der Waals surface area contributed by atoms with Gasteiger partial charge in [-0.2, -0.15) is 0 Å². The molecule has 9 heteroatoms. The van der Waals surface area contributed by atoms with Gasteiger partial charge in [-0.3, -0.25) is 9.59 Å². The first-order valence-corrected chi connectivity index (χ1v) is 12.2. The van der Waals surface area contributed by atoms with Gasteiger partial charge in [-0.05, 0) is 72.3 Å². The van der Waals surface area contributed by atoms with Crippen LogP contribution in [0.5, 0.6) is 0 Å². The number of carbonyl (C=O) groups excluding carboxylic acids is 2. The summed E-state index contributed by atoms with van der Waals surface area (Å²) in [7, 11) is 1.92. The lowest BCUT2D eigenvalue weighted by Crippen LogP contribution is -2.41. The Balaban J connectivity index is 1.70. The van der Waals surface area contributed by atoms with Gasteiger partial charge in [-0.15, -0.1) is 0 Å². The summed E-state index contributed by atoms with van der Waals surface area (Å²) in [6.45, 7) is 0.559. The number of rotatable bonds is 5. The van der Waals surface area contributed by atoms with Crippen molar-refractivity contribution in [3.63, 3.8) is 0 Å². The Kier molecular flexibility index (Phi) is 8.23. The SMILES string of the molecule is CN(I)Cc1ccc(C(=O)N2C/C(=C\c3ccc(F)c(F)c3)C(=O)/C(=C/c3ccc(F)c(F)c3)C2)cc1. The van der Waals surface area contributed by atoms with Crippen LogP contribution in [0.2, 0.25) is 0 Å². The molecule has 1 saturated heterocycles. The number of ketones is 1. The smallest absolute Gasteiger partial charge is 0.254 e. The van der Waals surface area contributed by atoms with E-state index in [2.05, 4.69) is 22.9 Å². The zero-order valence-electron chi connectivity index (χ0n) is 19.7. The van der Waals surface area contributed by atoms with Gasteiger partial charge < -0.3 is 4.90 Å². The van der Waals surface area contributed by atoms with Gasteiger partial charge in [0.25, 0.3) is 5.91 Å². The number of hydrogen-bond acceptors (Lipinski definition) is 3. The van der Waals surface area contributed by atoms with Crippen LogP contribution in [0.1, 0.15) is 27.0 Å². The van der Waals surface area contributed by atoms with Crippen molar-refractivity contribution in [3.8, 4) is 0 Å². The van der Waals surface area contributed by atoms with Crippen LogP contribution < -0.4 is 0 Å². The number of likely N-dealkylation sites (tertiary alicyclic amines) is 1. The molecule has 0 atom stereocenters. The highest BCUT2D eigenvalue weighted by Crippen LogP contribution is 2.25. The molecule has 1 aliphatic rings. The van der Waals surface area contributed by atoms with Crippen molar-refractivity contribution in [1.82, 2.24) is 8.01 Å². The molecule has 0 radical (unpaired) electrons. The maximum absolute atomic E-state index is 13.8. The fourth-order valence-corrected chi connectivity index (χ4v) is 4.37. The lowest BCUT2D eigenvalue weighted by atomic mass is 9.93. The molecule has 190 valence electrons. The number of halogens is 5. The maximum Gasteiger partial charge on any atom is 0.254 e. The first kappa shape index (κ1) is 26.7. The molecule has 3 aromatic rings. The molecule has 0 aromatic heterocycles. The van der Waals surface area contributed by atoms with Crippen molar-refractivity contribution in [1.29, 1.82) is 0 Å². The van der Waals surface area contributed by atoms with E-state index < -0.39 is 29.1 Å². The van der Waals surface area contributed by atoms with E-state index in [-0.39, 0.29) is 41.3 Å². The standard InChI is InChI=1S/C28H21F4IN2O2/c1-34(33)14-17-2-6-20(7-3-17)28(37)35-15-21(10-18-4-8-23(29)25(31)12-18)27(36)22(16-35)11-19-5-9-24(30)26(32)13-19/h2-13H,14-16H2,1H3/b21-10+,22-11+. The monoisotopic (exact) mass is 620 g/mol. The molecule has 0 unspecified atom stereocenters. The van der Waals surface area contributed by atoms with Gasteiger partial charge in [0.15, 0.2) is 29.1 Å². The number of amides is 1. The molecule has 37 heavy (non-hydrogen) atoms. The second kappa shape index (κ2) is 11.4. The number of hydrogen-bond donors (Lipinski definition) is 0. The van der Waals surface area contributed by atoms with Crippen LogP contribution in [0.4, 0.5) is 17.6 Å². The number of Topliss-reactive ketones (excluding diaryl/α,β-unsaturated/α-hetero) is 1. The van der Waals surface area contributed by atoms with Crippen molar-refractivity contribution in [2.75, 3.05) is 20.1 Å². The Hall–Kier alpha value is -3.31. The first-order valence-electron chi connectivity index (χ1n) is 11.2. The third kappa shape index (κ3) is 6.53. The van der Waals surface area contributed by atoms with Gasteiger partial charge >= 0.3 is 0 Å². The summed E-state index contributed by atoms with van der Waals surface area (Å²) < 4.78 is 56.3. The topological polar surface area (TPSA) is 40.6 Å². The highest BCUT2D eigenvalue weighted by atomic mass is 127. The average Bonchev–Trinajstić information content (AvgIpc) is 2.85. The molecular formula is C28H21F4IN2O2. The largest absolute Gasteiger partial charge is 0.330 e. The van der Waals surface area contributed by atoms with E-state index in [1.165, 1.54) is 29.2 Å². The second-order valence-electron chi connectivity index (χ2n) is 8.64. The van der Waals surface area contributed by atoms with Crippen LogP contribution in [-0.2, 0) is 11.3 Å². The molecule has 0 aliphatic carbocycles. The molecule has 3 aromatic carbocycles. The summed E-state index contributed by atoms with van der Waals surface area (Å²) in [5.74, 6) is -4.95. The van der Waals surface area contributed by atoms with Crippen LogP contribution in [0.15, 0.2) is 71.8 Å². The zero-order valence-corrected chi connectivity index (χ0v) is 21.8. The van der Waals surface area contributed by atoms with Crippen molar-refractivity contribution in [2.45, 2.75) is 6.54 Å². The summed E-state index contributed by atoms with van der Waals surface area (Å²) in [6.07, 6.45) is 2.78. The van der Waals surface area contributed by atoms with Crippen molar-refractivity contribution in [2.24, 2.45) is 0 Å². The third-order valence-corrected chi connectivity index (χ3v) is 6.10. The van der Waals surface area contributed by atoms with Gasteiger partial charge in [0.1, 0.15) is 0 Å². The van der Waals surface area contributed by atoms with Crippen LogP contribution in [-0.4, -0.2) is 39.8 Å². The molecular weight excluding hydrogens is 599 g/mol. The maximum atomic E-state index is 13.8. The van der Waals surface area contributed by atoms with E-state index in [9.17, 15) is 27.2 Å². The summed E-state index contributed by atoms with van der Waals surface area (Å²) in [5, 5.41) is 0. The van der Waals surface area contributed by atoms with Crippen molar-refractivity contribution in [3.05, 3.63) is 117 Å². The lowest BCUT2D eigenvalue weighted by molar-refractivity contribution is -0.113. The lowest BCUT2D eigenvalue weighted by Gasteiger charge is -2.30. The Morgan fingerprint density at radius 3 is 1.76 bits per heavy atom. The Bertz CT molecular complexity index is 1340. The number of nitrogens with zero attached hydrogens (tertiary/aromatic N) is 2. The van der Waals surface area contributed by atoms with Gasteiger partial charge in [0.05, 0.1) is 13.1 Å². The van der Waals surface area contributed by atoms with E-state index in [0.717, 1.165) is 29.8 Å². The fourth-order valence-electron chi connectivity index (χ4n) is 3.98. The second-order valence-corrected chi connectivity index (χ2v) is 10.3. The van der Waals surface area contributed by atoms with Gasteiger partial charge in [0, 0.05) is 46.1 Å². The molecule has 1 heterocycles. The molecule has 0 spiro atoms. The third-order valence-electron chi connectivity index (χ3n) is 5.76. The van der Waals surface area contributed by atoms with E-state index in [0.29, 0.717) is 12.1 Å². The van der Waals surface area contributed by atoms with Crippen LogP contribution >= 0.6 is 22.9 Å². The molecule has 4 nitrogen and oxygen atoms in total. The summed E-state index contributed by atoms with van der Waals surface area (Å²) in [6, 6.07) is 13.5. The van der Waals surface area contributed by atoms with Crippen molar-refractivity contribution >= 4 is 46.7 Å². The molecule has 0 saturated carbocycles.